The molecule has 7 heteroatoms. The zero-order chi connectivity index (χ0) is 13.3. The maximum Gasteiger partial charge on any atom is 0.330 e. The highest BCUT2D eigenvalue weighted by Gasteiger charge is 2.43. The van der Waals surface area contributed by atoms with E-state index in [1.54, 1.807) is 20.0 Å². The van der Waals surface area contributed by atoms with Crippen LogP contribution in [0.2, 0.25) is 0 Å². The number of carboxylic acid groups (broad SMARTS) is 1. The van der Waals surface area contributed by atoms with Crippen molar-refractivity contribution in [2.24, 2.45) is 7.05 Å². The average molecular weight is 269 g/mol. The van der Waals surface area contributed by atoms with Gasteiger partial charge in [-0.1, -0.05) is 0 Å². The van der Waals surface area contributed by atoms with E-state index >= 15 is 0 Å². The topological polar surface area (TPSA) is 84.2 Å². The van der Waals surface area contributed by atoms with Crippen molar-refractivity contribution < 1.29 is 14.7 Å². The summed E-state index contributed by atoms with van der Waals surface area (Å²) in [6.07, 6.45) is 0.454. The van der Waals surface area contributed by atoms with Gasteiger partial charge in [0.25, 0.3) is 5.91 Å². The first-order valence-corrected chi connectivity index (χ1v) is 6.74. The number of carbonyl (C=O) groups is 2. The van der Waals surface area contributed by atoms with Crippen LogP contribution in [0.15, 0.2) is 6.07 Å². The zero-order valence-electron chi connectivity index (χ0n) is 10.3. The lowest BCUT2D eigenvalue weighted by Gasteiger charge is -2.24. The quantitative estimate of drug-likeness (QED) is 0.830. The molecule has 98 valence electrons. The maximum atomic E-state index is 12.1. The smallest absolute Gasteiger partial charge is 0.330 e. The van der Waals surface area contributed by atoms with E-state index in [0.29, 0.717) is 17.9 Å². The third-order valence-electron chi connectivity index (χ3n) is 3.02. The number of hydrogen-bond donors (Lipinski definition) is 2. The molecule has 0 unspecified atom stereocenters. The molecular weight excluding hydrogens is 254 g/mol. The lowest BCUT2D eigenvalue weighted by atomic mass is 9.99. The summed E-state index contributed by atoms with van der Waals surface area (Å²) in [4.78, 5) is 23.4. The summed E-state index contributed by atoms with van der Waals surface area (Å²) in [5.41, 5.74) is -0.0298. The van der Waals surface area contributed by atoms with Crippen molar-refractivity contribution in [1.82, 2.24) is 15.1 Å². The maximum absolute atomic E-state index is 12.1. The van der Waals surface area contributed by atoms with Gasteiger partial charge in [-0.15, -0.1) is 0 Å². The first kappa shape index (κ1) is 12.9. The van der Waals surface area contributed by atoms with E-state index in [1.807, 2.05) is 0 Å². The summed E-state index contributed by atoms with van der Waals surface area (Å²) in [5, 5.41) is 16.0. The number of aryl methyl sites for hydroxylation is 2. The second-order valence-corrected chi connectivity index (χ2v) is 5.54. The van der Waals surface area contributed by atoms with Crippen molar-refractivity contribution in [2.75, 3.05) is 11.5 Å². The Hall–Kier alpha value is -1.50. The van der Waals surface area contributed by atoms with Crippen molar-refractivity contribution in [3.8, 4) is 0 Å². The number of rotatable bonds is 3. The molecule has 0 saturated carbocycles. The normalized spacial score (nSPS) is 23.0. The van der Waals surface area contributed by atoms with Crippen LogP contribution in [0.1, 0.15) is 22.6 Å². The number of aliphatic carboxylic acids is 1. The fraction of sp³-hybridized carbons (Fsp3) is 0.545. The van der Waals surface area contributed by atoms with Crippen LogP contribution in [0.4, 0.5) is 0 Å². The van der Waals surface area contributed by atoms with E-state index in [-0.39, 0.29) is 5.91 Å². The molecule has 1 amide bonds. The predicted molar refractivity (Wildman–Crippen MR) is 67.7 cm³/mol. The lowest BCUT2D eigenvalue weighted by molar-refractivity contribution is -0.143. The minimum absolute atomic E-state index is 0.380. The van der Waals surface area contributed by atoms with Crippen molar-refractivity contribution in [1.29, 1.82) is 0 Å². The molecular formula is C11H15N3O3S. The number of thioether (sulfide) groups is 1. The summed E-state index contributed by atoms with van der Waals surface area (Å²) >= 11 is 1.54. The van der Waals surface area contributed by atoms with Gasteiger partial charge in [0.15, 0.2) is 0 Å². The second kappa shape index (κ2) is 4.64. The van der Waals surface area contributed by atoms with Gasteiger partial charge in [0.1, 0.15) is 11.2 Å². The molecule has 0 bridgehead atoms. The fourth-order valence-corrected chi connectivity index (χ4v) is 3.32. The highest BCUT2D eigenvalue weighted by atomic mass is 32.2. The highest BCUT2D eigenvalue weighted by Crippen LogP contribution is 2.28. The number of amides is 1. The molecule has 1 aromatic rings. The molecule has 1 aromatic heterocycles. The number of aromatic nitrogens is 2. The van der Waals surface area contributed by atoms with Crippen LogP contribution < -0.4 is 5.32 Å². The third-order valence-corrected chi connectivity index (χ3v) is 4.21. The van der Waals surface area contributed by atoms with Crippen molar-refractivity contribution in [2.45, 2.75) is 18.9 Å². The Morgan fingerprint density at radius 3 is 2.78 bits per heavy atom. The molecule has 1 aliphatic heterocycles. The van der Waals surface area contributed by atoms with Gasteiger partial charge in [-0.3, -0.25) is 9.48 Å². The van der Waals surface area contributed by atoms with E-state index in [1.165, 1.54) is 16.4 Å². The van der Waals surface area contributed by atoms with Gasteiger partial charge in [0.05, 0.1) is 5.69 Å². The molecule has 1 fully saturated rings. The summed E-state index contributed by atoms with van der Waals surface area (Å²) in [5.74, 6) is -0.204. The summed E-state index contributed by atoms with van der Waals surface area (Å²) in [7, 11) is 1.67. The summed E-state index contributed by atoms with van der Waals surface area (Å²) < 4.78 is 1.46. The monoisotopic (exact) mass is 269 g/mol. The number of nitrogens with one attached hydrogen (secondary N) is 1. The average Bonchev–Trinajstić information content (AvgIpc) is 2.86. The Labute approximate surface area is 109 Å². The largest absolute Gasteiger partial charge is 0.479 e. The Bertz CT molecular complexity index is 492. The molecule has 1 atom stereocenters. The first-order valence-electron chi connectivity index (χ1n) is 5.59. The van der Waals surface area contributed by atoms with Crippen LogP contribution in [0.5, 0.6) is 0 Å². The van der Waals surface area contributed by atoms with Crippen LogP contribution in [-0.2, 0) is 11.8 Å². The number of carbonyl (C=O) groups excluding carboxylic acids is 1. The van der Waals surface area contributed by atoms with E-state index < -0.39 is 11.5 Å². The van der Waals surface area contributed by atoms with Crippen LogP contribution in [0.25, 0.3) is 0 Å². The standard InChI is InChI=1S/C11H15N3O3S/c1-7-5-8(14(2)13-7)9(15)12-11(10(16)17)3-4-18-6-11/h5H,3-4,6H2,1-2H3,(H,12,15)(H,16,17)/t11-/m0/s1. The minimum Gasteiger partial charge on any atom is -0.479 e. The molecule has 2 rings (SSSR count). The van der Waals surface area contributed by atoms with Crippen LogP contribution in [0, 0.1) is 6.92 Å². The molecule has 0 aromatic carbocycles. The number of hydrogen-bond acceptors (Lipinski definition) is 4. The van der Waals surface area contributed by atoms with Gasteiger partial charge in [-0.05, 0) is 25.2 Å². The van der Waals surface area contributed by atoms with E-state index in [0.717, 1.165) is 11.4 Å². The zero-order valence-corrected chi connectivity index (χ0v) is 11.1. The first-order chi connectivity index (χ1) is 8.44. The van der Waals surface area contributed by atoms with Crippen molar-refractivity contribution >= 4 is 23.6 Å². The minimum atomic E-state index is -1.14. The number of nitrogens with zero attached hydrogens (tertiary/aromatic N) is 2. The fourth-order valence-electron chi connectivity index (χ4n) is 1.99. The molecule has 18 heavy (non-hydrogen) atoms. The van der Waals surface area contributed by atoms with Gasteiger partial charge >= 0.3 is 5.97 Å². The molecule has 2 N–H and O–H groups in total. The van der Waals surface area contributed by atoms with E-state index in [2.05, 4.69) is 10.4 Å². The molecule has 1 aliphatic rings. The predicted octanol–water partition coefficient (Wildman–Crippen LogP) is 0.419. The summed E-state index contributed by atoms with van der Waals surface area (Å²) in [6, 6.07) is 1.65. The van der Waals surface area contributed by atoms with E-state index in [4.69, 9.17) is 0 Å². The van der Waals surface area contributed by atoms with Crippen LogP contribution in [-0.4, -0.2) is 43.8 Å². The molecule has 0 spiro atoms. The molecule has 6 nitrogen and oxygen atoms in total. The molecule has 1 saturated heterocycles. The lowest BCUT2D eigenvalue weighted by Crippen LogP contribution is -2.55. The van der Waals surface area contributed by atoms with Crippen LogP contribution >= 0.6 is 11.8 Å². The molecule has 0 radical (unpaired) electrons. The van der Waals surface area contributed by atoms with Gasteiger partial charge in [0.2, 0.25) is 0 Å². The second-order valence-electron chi connectivity index (χ2n) is 4.44. The van der Waals surface area contributed by atoms with Crippen molar-refractivity contribution in [3.63, 3.8) is 0 Å². The van der Waals surface area contributed by atoms with Crippen molar-refractivity contribution in [3.05, 3.63) is 17.5 Å². The Balaban J connectivity index is 2.20. The Kier molecular flexibility index (Phi) is 3.34. The van der Waals surface area contributed by atoms with E-state index in [9.17, 15) is 14.7 Å². The van der Waals surface area contributed by atoms with Gasteiger partial charge in [-0.25, -0.2) is 4.79 Å². The number of carboxylic acids is 1. The Morgan fingerprint density at radius 2 is 2.33 bits per heavy atom. The van der Waals surface area contributed by atoms with Gasteiger partial charge in [-0.2, -0.15) is 16.9 Å². The molecule has 2 heterocycles. The third kappa shape index (κ3) is 2.22. The highest BCUT2D eigenvalue weighted by molar-refractivity contribution is 7.99. The summed E-state index contributed by atoms with van der Waals surface area (Å²) in [6.45, 7) is 1.79. The van der Waals surface area contributed by atoms with Crippen LogP contribution in [0.3, 0.4) is 0 Å². The van der Waals surface area contributed by atoms with Gasteiger partial charge in [0, 0.05) is 12.8 Å². The van der Waals surface area contributed by atoms with Gasteiger partial charge < -0.3 is 10.4 Å². The Morgan fingerprint density at radius 1 is 1.61 bits per heavy atom. The molecule has 0 aliphatic carbocycles. The SMILES string of the molecule is Cc1cc(C(=O)N[C@@]2(C(=O)O)CCSC2)n(C)n1.